The van der Waals surface area contributed by atoms with Gasteiger partial charge in [-0.1, -0.05) is 0 Å². The van der Waals surface area contributed by atoms with E-state index in [4.69, 9.17) is 13.2 Å². The molecule has 0 aliphatic rings. The van der Waals surface area contributed by atoms with Gasteiger partial charge in [0.2, 0.25) is 0 Å². The molecule has 0 rings (SSSR count). The fourth-order valence-corrected chi connectivity index (χ4v) is 0. The summed E-state index contributed by atoms with van der Waals surface area (Å²) in [6.07, 6.45) is 0. The molecule has 4 nitrogen and oxygen atoms in total. The summed E-state index contributed by atoms with van der Waals surface area (Å²) in [5.74, 6) is 0. The molecule has 0 aliphatic carbocycles. The molecule has 0 heterocycles. The normalized spacial score (nSPS) is 8.29. The van der Waals surface area contributed by atoms with Crippen LogP contribution >= 0.6 is 0 Å². The smallest absolute Gasteiger partial charge is 0 e. The van der Waals surface area contributed by atoms with Crippen LogP contribution in [0.5, 0.6) is 0 Å². The molecule has 0 aromatic rings. The zero-order valence-electron chi connectivity index (χ0n) is 3.20. The van der Waals surface area contributed by atoms with Crippen LogP contribution in [-0.2, 0) is 6.21 Å². The molecule has 1 radical (unpaired) electrons. The van der Waals surface area contributed by atoms with E-state index in [0.29, 0.717) is 0 Å². The van der Waals surface area contributed by atoms with Gasteiger partial charge in [0.05, 0.1) is 0 Å². The van der Waals surface area contributed by atoms with Gasteiger partial charge in [-0.15, -0.1) is 0 Å². The van der Waals surface area contributed by atoms with Gasteiger partial charge in [0.1, 0.15) is 0 Å². The van der Waals surface area contributed by atoms with Crippen molar-refractivity contribution in [2.24, 2.45) is 0 Å². The number of hydrogen-bond acceptors (Lipinski definition) is 2. The van der Waals surface area contributed by atoms with E-state index in [9.17, 15) is 0 Å². The molecular formula is H5BiFO4Te. The van der Waals surface area contributed by atoms with E-state index in [1.54, 1.807) is 0 Å². The summed E-state index contributed by atoms with van der Waals surface area (Å²) in [6, 6.07) is 0. The van der Waals surface area contributed by atoms with Crippen LogP contribution < -0.4 is 0 Å². The molecular weight excluding hydrogens is 420 g/mol. The summed E-state index contributed by atoms with van der Waals surface area (Å²) in [5, 5.41) is 0. The topological polar surface area (TPSA) is 74.6 Å². The zero-order valence-corrected chi connectivity index (χ0v) is 11.0. The molecule has 0 unspecified atom stereocenters. The van der Waals surface area contributed by atoms with Crippen molar-refractivity contribution >= 4 is 45.2 Å². The van der Waals surface area contributed by atoms with Crippen molar-refractivity contribution in [2.45, 2.75) is 0 Å². The van der Waals surface area contributed by atoms with Crippen molar-refractivity contribution in [1.82, 2.24) is 0 Å². The van der Waals surface area contributed by atoms with Crippen molar-refractivity contribution in [2.75, 3.05) is 0 Å². The molecule has 0 bridgehead atoms. The predicted octanol–water partition coefficient (Wildman–Crippen LogP) is -2.50. The van der Waals surface area contributed by atoms with Gasteiger partial charge in [-0.2, -0.15) is 0 Å². The second kappa shape index (κ2) is 5.26. The minimum Gasteiger partial charge on any atom is 0 e. The Morgan fingerprint density at radius 3 is 1.14 bits per heavy atom. The van der Waals surface area contributed by atoms with Crippen molar-refractivity contribution in [3.05, 3.63) is 0 Å². The molecule has 0 amide bonds. The molecule has 0 spiro atoms. The van der Waals surface area contributed by atoms with E-state index < -0.39 is 19.0 Å². The fraction of sp³-hybridized carbons (Fsp3) is 0. The molecule has 0 fully saturated rings. The average Bonchev–Trinajstić information content (AvgIpc) is 0.722. The molecule has 47 valence electrons. The summed E-state index contributed by atoms with van der Waals surface area (Å²) >= 11 is -5.52. The summed E-state index contributed by atoms with van der Waals surface area (Å²) < 4.78 is 32.0. The molecule has 0 saturated carbocycles. The quantitative estimate of drug-likeness (QED) is 0.422. The van der Waals surface area contributed by atoms with Crippen LogP contribution in [0.15, 0.2) is 0 Å². The molecule has 7 heavy (non-hydrogen) atoms. The summed E-state index contributed by atoms with van der Waals surface area (Å²) in [5.41, 5.74) is 0. The maximum Gasteiger partial charge on any atom is 0 e. The van der Waals surface area contributed by atoms with Gasteiger partial charge in [0.25, 0.3) is 0 Å². The van der Waals surface area contributed by atoms with Crippen LogP contribution in [0.4, 0.5) is 4.70 Å². The third-order valence-corrected chi connectivity index (χ3v) is 0. The van der Waals surface area contributed by atoms with Crippen LogP contribution in [0.1, 0.15) is 0 Å². The Hall–Kier alpha value is 1.12. The third kappa shape index (κ3) is 148. The Bertz CT molecular complexity index is 94.9. The molecule has 0 atom stereocenters. The first-order valence-electron chi connectivity index (χ1n) is 0.698. The Labute approximate surface area is 62.7 Å². The Morgan fingerprint density at radius 1 is 1.14 bits per heavy atom. The standard InChI is InChI=1S/Bi.F.H2O4Te.3H/c;;1-5(2,3)4;;;/h;;(H2,1,2,3,4);;;. The minimum absolute atomic E-state index is 0. The second-order valence-corrected chi connectivity index (χ2v) is 3.00. The summed E-state index contributed by atoms with van der Waals surface area (Å²) in [6.45, 7) is 0. The molecule has 0 saturated heterocycles. The molecule has 2 N–H and O–H groups in total. The monoisotopic (exact) mass is 427 g/mol. The molecule has 7 heteroatoms. The van der Waals surface area contributed by atoms with Gasteiger partial charge in [0.15, 0.2) is 0 Å². The van der Waals surface area contributed by atoms with E-state index in [0.717, 1.165) is 0 Å². The maximum atomic E-state index is 8.85. The predicted molar refractivity (Wildman–Crippen MR) is 22.6 cm³/mol. The minimum atomic E-state index is -5.52. The Kier molecular flexibility index (Phi) is 11.8. The summed E-state index contributed by atoms with van der Waals surface area (Å²) in [7, 11) is 0. The first-order valence-corrected chi connectivity index (χ1v) is 4.69. The van der Waals surface area contributed by atoms with Crippen molar-refractivity contribution in [1.29, 1.82) is 0 Å². The van der Waals surface area contributed by atoms with Crippen LogP contribution in [-0.4, -0.2) is 52.1 Å². The fourth-order valence-electron chi connectivity index (χ4n) is 0. The Balaban J connectivity index is -0.0000000800. The third-order valence-electron chi connectivity index (χ3n) is 0. The largest absolute Gasteiger partial charge is 0 e. The number of halogens is 1. The van der Waals surface area contributed by atoms with E-state index >= 15 is 0 Å². The maximum absolute atomic E-state index is 8.85. The average molecular weight is 425 g/mol. The Morgan fingerprint density at radius 2 is 1.14 bits per heavy atom. The van der Waals surface area contributed by atoms with Crippen LogP contribution in [0.2, 0.25) is 0 Å². The van der Waals surface area contributed by atoms with Crippen molar-refractivity contribution in [3.8, 4) is 0 Å². The van der Waals surface area contributed by atoms with Crippen LogP contribution in [0.3, 0.4) is 0 Å². The summed E-state index contributed by atoms with van der Waals surface area (Å²) in [4.78, 5) is 0. The number of rotatable bonds is 0. The van der Waals surface area contributed by atoms with Gasteiger partial charge in [-0.05, 0) is 0 Å². The molecule has 0 aromatic carbocycles. The second-order valence-electron chi connectivity index (χ2n) is 0.448. The first kappa shape index (κ1) is 15.7. The van der Waals surface area contributed by atoms with Gasteiger partial charge in [0, 0.05) is 4.70 Å². The van der Waals surface area contributed by atoms with E-state index in [1.165, 1.54) is 0 Å². The SMILES string of the molecule is O=[Te](=O)(O)O.[BiH3].[F]. The van der Waals surface area contributed by atoms with Gasteiger partial charge in [-0.3, -0.25) is 0 Å². The van der Waals surface area contributed by atoms with E-state index in [1.807, 2.05) is 0 Å². The zero-order chi connectivity index (χ0) is 4.50. The van der Waals surface area contributed by atoms with Gasteiger partial charge in [-0.25, -0.2) is 0 Å². The van der Waals surface area contributed by atoms with E-state index in [-0.39, 0.29) is 30.9 Å². The molecule has 0 aliphatic heterocycles. The van der Waals surface area contributed by atoms with Crippen LogP contribution in [0.25, 0.3) is 0 Å². The molecule has 0 aromatic heterocycles. The first-order chi connectivity index (χ1) is 2.00. The van der Waals surface area contributed by atoms with Gasteiger partial charge >= 0.3 is 58.3 Å². The van der Waals surface area contributed by atoms with Gasteiger partial charge < -0.3 is 0 Å². The van der Waals surface area contributed by atoms with E-state index in [2.05, 4.69) is 0 Å². The van der Waals surface area contributed by atoms with Crippen molar-refractivity contribution in [3.63, 3.8) is 0 Å². The van der Waals surface area contributed by atoms with Crippen LogP contribution in [0, 0.1) is 0 Å². The number of hydrogen-bond donors (Lipinski definition) is 2. The van der Waals surface area contributed by atoms with Crippen molar-refractivity contribution < 1.29 is 17.9 Å².